The van der Waals surface area contributed by atoms with Crippen LogP contribution < -0.4 is 4.74 Å². The molecular weight excluding hydrogens is 344 g/mol. The molecule has 140 valence electrons. The van der Waals surface area contributed by atoms with E-state index in [0.29, 0.717) is 22.8 Å². The number of amides is 2. The highest BCUT2D eigenvalue weighted by atomic mass is 16.5. The van der Waals surface area contributed by atoms with Crippen molar-refractivity contribution in [3.05, 3.63) is 59.7 Å². The summed E-state index contributed by atoms with van der Waals surface area (Å²) in [6.45, 7) is 1.73. The lowest BCUT2D eigenvalue weighted by Crippen LogP contribution is -2.36. The molecule has 6 nitrogen and oxygen atoms in total. The first-order chi connectivity index (χ1) is 13.2. The van der Waals surface area contributed by atoms with Crippen LogP contribution in [0.2, 0.25) is 0 Å². The fourth-order valence-corrected chi connectivity index (χ4v) is 3.69. The number of likely N-dealkylation sites (tertiary alicyclic amines) is 1. The van der Waals surface area contributed by atoms with E-state index in [1.807, 2.05) is 24.3 Å². The van der Waals surface area contributed by atoms with Crippen molar-refractivity contribution in [2.45, 2.75) is 25.8 Å². The van der Waals surface area contributed by atoms with E-state index < -0.39 is 0 Å². The summed E-state index contributed by atoms with van der Waals surface area (Å²) in [5, 5.41) is 0. The highest BCUT2D eigenvalue weighted by Crippen LogP contribution is 2.34. The van der Waals surface area contributed by atoms with Gasteiger partial charge in [0.1, 0.15) is 17.2 Å². The van der Waals surface area contributed by atoms with E-state index in [2.05, 4.69) is 4.90 Å². The number of hydrogen-bond donors (Lipinski definition) is 0. The second-order valence-electron chi connectivity index (χ2n) is 6.78. The molecule has 2 aliphatic rings. The van der Waals surface area contributed by atoms with Crippen LogP contribution in [0.25, 0.3) is 5.57 Å². The maximum atomic E-state index is 13.2. The number of piperidine rings is 1. The standard InChI is InChI=1S/C21H22N2O4/c1-26-16-9-7-15(8-10-16)18-19(22-11-3-2-4-12-22)21(25)23(20(18)24)14-17-6-5-13-27-17/h5-10,13H,2-4,11-12,14H2,1H3. The van der Waals surface area contributed by atoms with E-state index in [1.165, 1.54) is 4.90 Å². The molecule has 1 saturated heterocycles. The van der Waals surface area contributed by atoms with E-state index in [0.717, 1.165) is 37.9 Å². The molecule has 0 unspecified atom stereocenters. The predicted octanol–water partition coefficient (Wildman–Crippen LogP) is 3.05. The van der Waals surface area contributed by atoms with Crippen LogP contribution in [0, 0.1) is 0 Å². The van der Waals surface area contributed by atoms with Crippen LogP contribution in [0.3, 0.4) is 0 Å². The Morgan fingerprint density at radius 1 is 1.00 bits per heavy atom. The van der Waals surface area contributed by atoms with Crippen LogP contribution in [-0.4, -0.2) is 41.8 Å². The Balaban J connectivity index is 1.73. The fraction of sp³-hybridized carbons (Fsp3) is 0.333. The normalized spacial score (nSPS) is 17.8. The molecule has 0 radical (unpaired) electrons. The van der Waals surface area contributed by atoms with Crippen molar-refractivity contribution >= 4 is 17.4 Å². The maximum absolute atomic E-state index is 13.2. The summed E-state index contributed by atoms with van der Waals surface area (Å²) in [6, 6.07) is 10.8. The zero-order valence-electron chi connectivity index (χ0n) is 15.3. The van der Waals surface area contributed by atoms with Gasteiger partial charge in [-0.25, -0.2) is 0 Å². The average molecular weight is 366 g/mol. The minimum absolute atomic E-state index is 0.141. The second-order valence-corrected chi connectivity index (χ2v) is 6.78. The highest BCUT2D eigenvalue weighted by Gasteiger charge is 2.42. The van der Waals surface area contributed by atoms with Gasteiger partial charge in [0, 0.05) is 13.1 Å². The van der Waals surface area contributed by atoms with Gasteiger partial charge in [-0.05, 0) is 49.1 Å². The summed E-state index contributed by atoms with van der Waals surface area (Å²) in [6.07, 6.45) is 4.75. The number of imide groups is 1. The van der Waals surface area contributed by atoms with Crippen LogP contribution in [-0.2, 0) is 16.1 Å². The molecule has 0 atom stereocenters. The molecule has 2 aromatic rings. The smallest absolute Gasteiger partial charge is 0.278 e. The highest BCUT2D eigenvalue weighted by molar-refractivity contribution is 6.35. The van der Waals surface area contributed by atoms with Crippen molar-refractivity contribution in [1.29, 1.82) is 0 Å². The summed E-state index contributed by atoms with van der Waals surface area (Å²) < 4.78 is 10.6. The van der Waals surface area contributed by atoms with E-state index >= 15 is 0 Å². The molecule has 2 aliphatic heterocycles. The Morgan fingerprint density at radius 2 is 1.74 bits per heavy atom. The van der Waals surface area contributed by atoms with Gasteiger partial charge < -0.3 is 14.1 Å². The molecule has 2 amide bonds. The molecule has 0 N–H and O–H groups in total. The maximum Gasteiger partial charge on any atom is 0.278 e. The molecule has 4 rings (SSSR count). The van der Waals surface area contributed by atoms with E-state index in [4.69, 9.17) is 9.15 Å². The van der Waals surface area contributed by atoms with Gasteiger partial charge in [-0.3, -0.25) is 14.5 Å². The van der Waals surface area contributed by atoms with Gasteiger partial charge in [0.2, 0.25) is 0 Å². The predicted molar refractivity (Wildman–Crippen MR) is 99.6 cm³/mol. The summed E-state index contributed by atoms with van der Waals surface area (Å²) in [7, 11) is 1.60. The molecule has 6 heteroatoms. The number of methoxy groups -OCH3 is 1. The fourth-order valence-electron chi connectivity index (χ4n) is 3.69. The zero-order valence-corrected chi connectivity index (χ0v) is 15.3. The number of benzene rings is 1. The van der Waals surface area contributed by atoms with Crippen molar-refractivity contribution in [2.75, 3.05) is 20.2 Å². The monoisotopic (exact) mass is 366 g/mol. The summed E-state index contributed by atoms with van der Waals surface area (Å²) >= 11 is 0. The lowest BCUT2D eigenvalue weighted by molar-refractivity contribution is -0.138. The largest absolute Gasteiger partial charge is 0.497 e. The summed E-state index contributed by atoms with van der Waals surface area (Å²) in [5.74, 6) is 0.778. The first-order valence-corrected chi connectivity index (χ1v) is 9.21. The van der Waals surface area contributed by atoms with E-state index in [9.17, 15) is 9.59 Å². The van der Waals surface area contributed by atoms with Crippen molar-refractivity contribution < 1.29 is 18.7 Å². The Bertz CT molecular complexity index is 862. The molecule has 0 aliphatic carbocycles. The molecule has 0 bridgehead atoms. The Hall–Kier alpha value is -3.02. The Kier molecular flexibility index (Phi) is 4.71. The molecule has 3 heterocycles. The molecule has 0 saturated carbocycles. The third-order valence-electron chi connectivity index (χ3n) is 5.09. The lowest BCUT2D eigenvalue weighted by atomic mass is 10.0. The third kappa shape index (κ3) is 3.23. The van der Waals surface area contributed by atoms with Crippen LogP contribution in [0.4, 0.5) is 0 Å². The number of rotatable bonds is 5. The van der Waals surface area contributed by atoms with E-state index in [-0.39, 0.29) is 18.4 Å². The zero-order chi connectivity index (χ0) is 18.8. The quantitative estimate of drug-likeness (QED) is 0.761. The molecule has 0 spiro atoms. The summed E-state index contributed by atoms with van der Waals surface area (Å²) in [5.41, 5.74) is 1.71. The first kappa shape index (κ1) is 17.4. The van der Waals surface area contributed by atoms with Gasteiger partial charge in [0.25, 0.3) is 11.8 Å². The summed E-state index contributed by atoms with van der Waals surface area (Å²) in [4.78, 5) is 29.7. The number of ether oxygens (including phenoxy) is 1. The Morgan fingerprint density at radius 3 is 2.37 bits per heavy atom. The molecule has 1 fully saturated rings. The van der Waals surface area contributed by atoms with Crippen LogP contribution in [0.15, 0.2) is 52.8 Å². The number of furan rings is 1. The Labute approximate surface area is 158 Å². The molecule has 1 aromatic carbocycles. The van der Waals surface area contributed by atoms with Gasteiger partial charge in [-0.1, -0.05) is 12.1 Å². The third-order valence-corrected chi connectivity index (χ3v) is 5.09. The van der Waals surface area contributed by atoms with Gasteiger partial charge in [-0.15, -0.1) is 0 Å². The van der Waals surface area contributed by atoms with Crippen LogP contribution in [0.1, 0.15) is 30.6 Å². The SMILES string of the molecule is COc1ccc(C2=C(N3CCCCC3)C(=O)N(Cc3ccco3)C2=O)cc1. The second kappa shape index (κ2) is 7.31. The average Bonchev–Trinajstić information content (AvgIpc) is 3.31. The van der Waals surface area contributed by atoms with Crippen LogP contribution >= 0.6 is 0 Å². The van der Waals surface area contributed by atoms with Gasteiger partial charge in [0.05, 0.1) is 25.5 Å². The topological polar surface area (TPSA) is 63.0 Å². The number of hydrogen-bond acceptors (Lipinski definition) is 5. The van der Waals surface area contributed by atoms with E-state index in [1.54, 1.807) is 25.5 Å². The van der Waals surface area contributed by atoms with Gasteiger partial charge in [0.15, 0.2) is 0 Å². The molecular formula is C21H22N2O4. The number of carbonyl (C=O) groups excluding carboxylic acids is 2. The number of nitrogens with zero attached hydrogens (tertiary/aromatic N) is 2. The minimum Gasteiger partial charge on any atom is -0.497 e. The van der Waals surface area contributed by atoms with Gasteiger partial charge in [-0.2, -0.15) is 0 Å². The minimum atomic E-state index is -0.276. The van der Waals surface area contributed by atoms with Crippen molar-refractivity contribution in [3.63, 3.8) is 0 Å². The van der Waals surface area contributed by atoms with Crippen LogP contribution in [0.5, 0.6) is 5.75 Å². The first-order valence-electron chi connectivity index (χ1n) is 9.21. The van der Waals surface area contributed by atoms with Gasteiger partial charge >= 0.3 is 0 Å². The number of carbonyl (C=O) groups is 2. The van der Waals surface area contributed by atoms with Crippen molar-refractivity contribution in [1.82, 2.24) is 9.80 Å². The molecule has 1 aromatic heterocycles. The van der Waals surface area contributed by atoms with Crippen molar-refractivity contribution in [2.24, 2.45) is 0 Å². The molecule has 27 heavy (non-hydrogen) atoms. The lowest BCUT2D eigenvalue weighted by Gasteiger charge is -2.29. The van der Waals surface area contributed by atoms with Crippen molar-refractivity contribution in [3.8, 4) is 5.75 Å².